The van der Waals surface area contributed by atoms with Crippen molar-refractivity contribution >= 4 is 17.7 Å². The number of anilines is 1. The molecule has 2 rings (SSSR count). The second-order valence-corrected chi connectivity index (χ2v) is 5.30. The largest absolute Gasteiger partial charge is 0.493 e. The van der Waals surface area contributed by atoms with Crippen LogP contribution in [-0.4, -0.2) is 19.6 Å². The third-order valence-corrected chi connectivity index (χ3v) is 3.37. The quantitative estimate of drug-likeness (QED) is 0.578. The van der Waals surface area contributed by atoms with Gasteiger partial charge in [0.2, 0.25) is 5.91 Å². The lowest BCUT2D eigenvalue weighted by atomic mass is 10.2. The van der Waals surface area contributed by atoms with Gasteiger partial charge in [0.15, 0.2) is 29.0 Å². The predicted molar refractivity (Wildman–Crippen MR) is 92.8 cm³/mol. The number of hydrogen-bond donors (Lipinski definition) is 1. The van der Waals surface area contributed by atoms with Crippen molar-refractivity contribution in [3.8, 4) is 11.5 Å². The predicted octanol–water partition coefficient (Wildman–Crippen LogP) is 4.55. The lowest BCUT2D eigenvalue weighted by Gasteiger charge is -2.10. The summed E-state index contributed by atoms with van der Waals surface area (Å²) in [7, 11) is 1.50. The monoisotopic (exact) mass is 365 g/mol. The third kappa shape index (κ3) is 4.78. The van der Waals surface area contributed by atoms with E-state index < -0.39 is 29.0 Å². The van der Waals surface area contributed by atoms with Gasteiger partial charge in [-0.3, -0.25) is 4.79 Å². The first-order chi connectivity index (χ1) is 12.5. The fourth-order valence-corrected chi connectivity index (χ4v) is 2.09. The average molecular weight is 365 g/mol. The van der Waals surface area contributed by atoms with Gasteiger partial charge >= 0.3 is 0 Å². The van der Waals surface area contributed by atoms with E-state index in [1.54, 1.807) is 18.2 Å². The van der Waals surface area contributed by atoms with Crippen molar-refractivity contribution in [3.63, 3.8) is 0 Å². The minimum Gasteiger partial charge on any atom is -0.493 e. The Morgan fingerprint density at radius 3 is 2.58 bits per heavy atom. The van der Waals surface area contributed by atoms with E-state index in [2.05, 4.69) is 5.32 Å². The molecule has 0 aliphatic rings. The minimum atomic E-state index is -1.64. The highest BCUT2D eigenvalue weighted by molar-refractivity contribution is 6.02. The summed E-state index contributed by atoms with van der Waals surface area (Å²) in [6.45, 7) is 2.53. The van der Waals surface area contributed by atoms with Crippen LogP contribution in [0.2, 0.25) is 0 Å². The number of carbonyl (C=O) groups is 1. The van der Waals surface area contributed by atoms with E-state index in [1.807, 2.05) is 6.92 Å². The van der Waals surface area contributed by atoms with Crippen LogP contribution in [0, 0.1) is 17.5 Å². The van der Waals surface area contributed by atoms with Crippen LogP contribution in [-0.2, 0) is 4.79 Å². The molecule has 0 radical (unpaired) electrons. The Hall–Kier alpha value is -2.96. The van der Waals surface area contributed by atoms with Gasteiger partial charge in [-0.1, -0.05) is 13.0 Å². The maximum Gasteiger partial charge on any atom is 0.248 e. The maximum absolute atomic E-state index is 13.5. The molecular formula is C19H18F3NO3. The van der Waals surface area contributed by atoms with E-state index in [1.165, 1.54) is 13.2 Å². The zero-order chi connectivity index (χ0) is 19.1. The number of carbonyl (C=O) groups excluding carboxylic acids is 1. The number of methoxy groups -OCH3 is 1. The molecule has 7 heteroatoms. The van der Waals surface area contributed by atoms with E-state index in [-0.39, 0.29) is 0 Å². The molecule has 2 aromatic carbocycles. The number of amides is 1. The van der Waals surface area contributed by atoms with E-state index in [0.29, 0.717) is 23.7 Å². The molecule has 0 saturated carbocycles. The van der Waals surface area contributed by atoms with Gasteiger partial charge < -0.3 is 14.8 Å². The summed E-state index contributed by atoms with van der Waals surface area (Å²) >= 11 is 0. The van der Waals surface area contributed by atoms with Crippen LogP contribution in [0.15, 0.2) is 36.4 Å². The van der Waals surface area contributed by atoms with Gasteiger partial charge in [0.05, 0.1) is 19.4 Å². The van der Waals surface area contributed by atoms with E-state index in [0.717, 1.165) is 24.6 Å². The van der Waals surface area contributed by atoms with Crippen molar-refractivity contribution in [2.45, 2.75) is 13.3 Å². The fourth-order valence-electron chi connectivity index (χ4n) is 2.09. The van der Waals surface area contributed by atoms with Gasteiger partial charge in [0.1, 0.15) is 0 Å². The number of nitrogens with one attached hydrogen (secondary N) is 1. The van der Waals surface area contributed by atoms with Crippen LogP contribution in [0.1, 0.15) is 18.9 Å². The molecule has 4 nitrogen and oxygen atoms in total. The number of hydrogen-bond acceptors (Lipinski definition) is 3. The topological polar surface area (TPSA) is 47.6 Å². The Labute approximate surface area is 149 Å². The van der Waals surface area contributed by atoms with Crippen molar-refractivity contribution < 1.29 is 27.4 Å². The summed E-state index contributed by atoms with van der Waals surface area (Å²) < 4.78 is 50.4. The third-order valence-electron chi connectivity index (χ3n) is 3.37. The summed E-state index contributed by atoms with van der Waals surface area (Å²) in [6.07, 6.45) is 3.47. The molecule has 2 aromatic rings. The highest BCUT2D eigenvalue weighted by Crippen LogP contribution is 2.28. The van der Waals surface area contributed by atoms with Gasteiger partial charge in [-0.2, -0.15) is 0 Å². The van der Waals surface area contributed by atoms with Gasteiger partial charge in [0.25, 0.3) is 0 Å². The molecule has 0 unspecified atom stereocenters. The van der Waals surface area contributed by atoms with Crippen molar-refractivity contribution in [2.75, 3.05) is 19.0 Å². The minimum absolute atomic E-state index is 0.445. The Bertz CT molecular complexity index is 822. The maximum atomic E-state index is 13.5. The summed E-state index contributed by atoms with van der Waals surface area (Å²) in [4.78, 5) is 11.9. The van der Waals surface area contributed by atoms with Crippen LogP contribution in [0.5, 0.6) is 11.5 Å². The Morgan fingerprint density at radius 2 is 1.88 bits per heavy atom. The van der Waals surface area contributed by atoms with E-state index in [4.69, 9.17) is 9.47 Å². The lowest BCUT2D eigenvalue weighted by molar-refractivity contribution is -0.111. The molecule has 0 fully saturated rings. The summed E-state index contributed by atoms with van der Waals surface area (Å²) in [5.74, 6) is -4.02. The fraction of sp³-hybridized carbons (Fsp3) is 0.211. The molecule has 138 valence electrons. The van der Waals surface area contributed by atoms with Crippen molar-refractivity contribution in [1.82, 2.24) is 0 Å². The average Bonchev–Trinajstić information content (AvgIpc) is 2.65. The Morgan fingerprint density at radius 1 is 1.12 bits per heavy atom. The second kappa shape index (κ2) is 8.94. The standard InChI is InChI=1S/C19H18F3NO3/c1-3-10-26-15-8-4-12(11-16(15)25-2)5-9-17(24)23-14-7-6-13(20)18(21)19(14)22/h4-9,11H,3,10H2,1-2H3,(H,23,24)/b9-5+. The first-order valence-corrected chi connectivity index (χ1v) is 7.89. The highest BCUT2D eigenvalue weighted by atomic mass is 19.2. The molecule has 0 atom stereocenters. The van der Waals surface area contributed by atoms with Crippen molar-refractivity contribution in [3.05, 3.63) is 59.4 Å². The van der Waals surface area contributed by atoms with Crippen LogP contribution in [0.3, 0.4) is 0 Å². The van der Waals surface area contributed by atoms with Crippen LogP contribution < -0.4 is 14.8 Å². The molecule has 0 bridgehead atoms. The molecule has 0 spiro atoms. The molecule has 1 amide bonds. The highest BCUT2D eigenvalue weighted by Gasteiger charge is 2.14. The van der Waals surface area contributed by atoms with Crippen LogP contribution >= 0.6 is 0 Å². The molecular weight excluding hydrogens is 347 g/mol. The summed E-state index contributed by atoms with van der Waals surface area (Å²) in [5.41, 5.74) is 0.200. The molecule has 0 aliphatic heterocycles. The van der Waals surface area contributed by atoms with Crippen molar-refractivity contribution in [2.24, 2.45) is 0 Å². The lowest BCUT2D eigenvalue weighted by Crippen LogP contribution is -2.10. The van der Waals surface area contributed by atoms with Gasteiger partial charge in [0, 0.05) is 6.08 Å². The number of benzene rings is 2. The Balaban J connectivity index is 2.09. The zero-order valence-corrected chi connectivity index (χ0v) is 14.3. The summed E-state index contributed by atoms with van der Waals surface area (Å²) in [5, 5.41) is 2.15. The second-order valence-electron chi connectivity index (χ2n) is 5.30. The molecule has 0 heterocycles. The number of ether oxygens (including phenoxy) is 2. The zero-order valence-electron chi connectivity index (χ0n) is 14.3. The summed E-state index contributed by atoms with van der Waals surface area (Å²) in [6, 6.07) is 6.78. The smallest absolute Gasteiger partial charge is 0.248 e. The normalized spacial score (nSPS) is 10.8. The first-order valence-electron chi connectivity index (χ1n) is 7.89. The Kier molecular flexibility index (Phi) is 6.66. The van der Waals surface area contributed by atoms with E-state index in [9.17, 15) is 18.0 Å². The van der Waals surface area contributed by atoms with Crippen molar-refractivity contribution in [1.29, 1.82) is 0 Å². The van der Waals surface area contributed by atoms with Crippen LogP contribution in [0.25, 0.3) is 6.08 Å². The molecule has 1 N–H and O–H groups in total. The molecule has 0 aliphatic carbocycles. The SMILES string of the molecule is CCCOc1ccc(/C=C/C(=O)Nc2ccc(F)c(F)c2F)cc1OC. The molecule has 0 aromatic heterocycles. The first kappa shape index (κ1) is 19.4. The van der Waals surface area contributed by atoms with Gasteiger partial charge in [-0.25, -0.2) is 13.2 Å². The van der Waals surface area contributed by atoms with Gasteiger partial charge in [-0.05, 0) is 42.3 Å². The molecule has 26 heavy (non-hydrogen) atoms. The van der Waals surface area contributed by atoms with E-state index >= 15 is 0 Å². The van der Waals surface area contributed by atoms with Gasteiger partial charge in [-0.15, -0.1) is 0 Å². The number of rotatable bonds is 7. The molecule has 0 saturated heterocycles. The van der Waals surface area contributed by atoms with Crippen LogP contribution in [0.4, 0.5) is 18.9 Å². The number of halogens is 3.